The Morgan fingerprint density at radius 3 is 2.52 bits per heavy atom. The van der Waals surface area contributed by atoms with Gasteiger partial charge in [0.15, 0.2) is 0 Å². The molecule has 2 rings (SSSR count). The van der Waals surface area contributed by atoms with E-state index in [1.54, 1.807) is 12.1 Å². The van der Waals surface area contributed by atoms with Crippen molar-refractivity contribution < 1.29 is 14.0 Å². The zero-order chi connectivity index (χ0) is 18.1. The number of nitrogens with two attached hydrogens (primary N) is 1. The topological polar surface area (TPSA) is 84.2 Å². The Kier molecular flexibility index (Phi) is 7.28. The summed E-state index contributed by atoms with van der Waals surface area (Å²) in [6, 6.07) is 13.6. The Hall–Kier alpha value is -2.54. The van der Waals surface area contributed by atoms with Gasteiger partial charge < -0.3 is 16.4 Å². The van der Waals surface area contributed by atoms with Crippen LogP contribution in [-0.2, 0) is 16.0 Å². The number of benzene rings is 2. The summed E-state index contributed by atoms with van der Waals surface area (Å²) in [5.41, 5.74) is 6.90. The number of nitrogens with one attached hydrogen (secondary N) is 2. The summed E-state index contributed by atoms with van der Waals surface area (Å²) in [7, 11) is 0. The van der Waals surface area contributed by atoms with E-state index in [0.29, 0.717) is 13.0 Å². The number of amides is 2. The van der Waals surface area contributed by atoms with E-state index in [2.05, 4.69) is 10.6 Å². The number of para-hydroxylation sites is 1. The van der Waals surface area contributed by atoms with Crippen LogP contribution in [0.25, 0.3) is 0 Å². The van der Waals surface area contributed by atoms with Gasteiger partial charge in [-0.3, -0.25) is 9.59 Å². The summed E-state index contributed by atoms with van der Waals surface area (Å²) >= 11 is 1.32. The largest absolute Gasteiger partial charge is 0.375 e. The number of primary amides is 1. The monoisotopic (exact) mass is 361 g/mol. The number of hydrogen-bond donors (Lipinski definition) is 3. The minimum Gasteiger partial charge on any atom is -0.375 e. The normalized spacial score (nSPS) is 10.3. The number of thioether (sulfide) groups is 1. The fourth-order valence-corrected chi connectivity index (χ4v) is 2.89. The summed E-state index contributed by atoms with van der Waals surface area (Å²) in [6.45, 7) is 0.599. The van der Waals surface area contributed by atoms with Crippen molar-refractivity contribution in [3.05, 3.63) is 59.9 Å². The van der Waals surface area contributed by atoms with Gasteiger partial charge in [-0.15, -0.1) is 11.8 Å². The van der Waals surface area contributed by atoms with Crippen molar-refractivity contribution in [1.29, 1.82) is 0 Å². The molecule has 0 spiro atoms. The highest BCUT2D eigenvalue weighted by atomic mass is 32.2. The van der Waals surface area contributed by atoms with Crippen molar-refractivity contribution in [3.63, 3.8) is 0 Å². The first-order valence-electron chi connectivity index (χ1n) is 7.80. The third-order valence-electron chi connectivity index (χ3n) is 3.35. The minimum absolute atomic E-state index is 0.123. The van der Waals surface area contributed by atoms with E-state index in [9.17, 15) is 14.0 Å². The lowest BCUT2D eigenvalue weighted by Gasteiger charge is -2.11. The molecule has 0 saturated heterocycles. The summed E-state index contributed by atoms with van der Waals surface area (Å²) in [5, 5.41) is 5.87. The molecular weight excluding hydrogens is 341 g/mol. The van der Waals surface area contributed by atoms with Crippen LogP contribution in [0.2, 0.25) is 0 Å². The number of carbonyl (C=O) groups is 2. The fourth-order valence-electron chi connectivity index (χ4n) is 2.12. The molecule has 0 heterocycles. The molecular formula is C18H20FN3O2S. The second-order valence-electron chi connectivity index (χ2n) is 5.33. The van der Waals surface area contributed by atoms with Crippen molar-refractivity contribution in [1.82, 2.24) is 5.32 Å². The quantitative estimate of drug-likeness (QED) is 0.598. The summed E-state index contributed by atoms with van der Waals surface area (Å²) < 4.78 is 12.8. The van der Waals surface area contributed by atoms with Crippen LogP contribution in [0.1, 0.15) is 5.56 Å². The van der Waals surface area contributed by atoms with Crippen LogP contribution in [0, 0.1) is 5.82 Å². The molecule has 0 aliphatic heterocycles. The first kappa shape index (κ1) is 18.8. The molecule has 0 atom stereocenters. The molecule has 0 aromatic heterocycles. The van der Waals surface area contributed by atoms with Gasteiger partial charge >= 0.3 is 0 Å². The number of rotatable bonds is 9. The first-order chi connectivity index (χ1) is 12.0. The van der Waals surface area contributed by atoms with E-state index in [1.165, 1.54) is 23.9 Å². The van der Waals surface area contributed by atoms with Gasteiger partial charge in [0.05, 0.1) is 12.3 Å². The molecule has 0 saturated carbocycles. The minimum atomic E-state index is -0.390. The SMILES string of the molecule is NC(=O)CSc1ccccc1NCC(=O)NCCc1ccc(F)cc1. The number of hydrogen-bond acceptors (Lipinski definition) is 4. The summed E-state index contributed by atoms with van der Waals surface area (Å²) in [5.74, 6) is -0.622. The van der Waals surface area contributed by atoms with E-state index < -0.39 is 5.91 Å². The lowest BCUT2D eigenvalue weighted by atomic mass is 10.1. The van der Waals surface area contributed by atoms with Crippen molar-refractivity contribution in [3.8, 4) is 0 Å². The highest BCUT2D eigenvalue weighted by molar-refractivity contribution is 8.00. The molecule has 25 heavy (non-hydrogen) atoms. The maximum Gasteiger partial charge on any atom is 0.239 e. The van der Waals surface area contributed by atoms with Gasteiger partial charge in [-0.25, -0.2) is 4.39 Å². The molecule has 2 amide bonds. The van der Waals surface area contributed by atoms with Crippen LogP contribution in [0.4, 0.5) is 10.1 Å². The van der Waals surface area contributed by atoms with Crippen LogP contribution >= 0.6 is 11.8 Å². The summed E-state index contributed by atoms with van der Waals surface area (Å²) in [6.07, 6.45) is 0.636. The zero-order valence-corrected chi connectivity index (χ0v) is 14.4. The molecule has 2 aromatic carbocycles. The summed E-state index contributed by atoms with van der Waals surface area (Å²) in [4.78, 5) is 23.7. The van der Waals surface area contributed by atoms with Gasteiger partial charge in [0, 0.05) is 17.1 Å². The third kappa shape index (κ3) is 6.84. The Labute approximate surface area is 150 Å². The lowest BCUT2D eigenvalue weighted by molar-refractivity contribution is -0.119. The first-order valence-corrected chi connectivity index (χ1v) is 8.78. The van der Waals surface area contributed by atoms with Gasteiger partial charge in [-0.1, -0.05) is 24.3 Å². The van der Waals surface area contributed by atoms with Crippen LogP contribution in [0.3, 0.4) is 0 Å². The molecule has 0 bridgehead atoms. The standard InChI is InChI=1S/C18H20FN3O2S/c19-14-7-5-13(6-8-14)9-10-21-18(24)11-22-15-3-1-2-4-16(15)25-12-17(20)23/h1-8,22H,9-12H2,(H2,20,23)(H,21,24). The number of carbonyl (C=O) groups excluding carboxylic acids is 2. The smallest absolute Gasteiger partial charge is 0.239 e. The van der Waals surface area contributed by atoms with E-state index in [0.717, 1.165) is 16.1 Å². The zero-order valence-electron chi connectivity index (χ0n) is 13.6. The molecule has 2 aromatic rings. The second-order valence-corrected chi connectivity index (χ2v) is 6.35. The molecule has 4 N–H and O–H groups in total. The van der Waals surface area contributed by atoms with Crippen molar-refractivity contribution >= 4 is 29.3 Å². The van der Waals surface area contributed by atoms with E-state index in [1.807, 2.05) is 24.3 Å². The van der Waals surface area contributed by atoms with E-state index >= 15 is 0 Å². The Morgan fingerprint density at radius 2 is 1.80 bits per heavy atom. The Balaban J connectivity index is 1.76. The second kappa shape index (κ2) is 9.68. The van der Waals surface area contributed by atoms with Crippen LogP contribution < -0.4 is 16.4 Å². The maximum atomic E-state index is 12.8. The lowest BCUT2D eigenvalue weighted by Crippen LogP contribution is -2.31. The molecule has 0 unspecified atom stereocenters. The van der Waals surface area contributed by atoms with Gasteiger partial charge in [-0.05, 0) is 36.2 Å². The van der Waals surface area contributed by atoms with Crippen molar-refractivity contribution in [2.45, 2.75) is 11.3 Å². The van der Waals surface area contributed by atoms with Crippen LogP contribution in [-0.4, -0.2) is 30.7 Å². The van der Waals surface area contributed by atoms with Crippen LogP contribution in [0.5, 0.6) is 0 Å². The Morgan fingerprint density at radius 1 is 1.08 bits per heavy atom. The average molecular weight is 361 g/mol. The molecule has 0 radical (unpaired) electrons. The average Bonchev–Trinajstić information content (AvgIpc) is 2.60. The number of halogens is 1. The van der Waals surface area contributed by atoms with Crippen molar-refractivity contribution in [2.75, 3.05) is 24.2 Å². The molecule has 0 fully saturated rings. The van der Waals surface area contributed by atoms with Gasteiger partial charge in [0.25, 0.3) is 0 Å². The Bertz CT molecular complexity index is 723. The molecule has 0 aliphatic carbocycles. The van der Waals surface area contributed by atoms with E-state index in [-0.39, 0.29) is 24.0 Å². The third-order valence-corrected chi connectivity index (χ3v) is 4.44. The molecule has 5 nitrogen and oxygen atoms in total. The van der Waals surface area contributed by atoms with Gasteiger partial charge in [-0.2, -0.15) is 0 Å². The fraction of sp³-hybridized carbons (Fsp3) is 0.222. The van der Waals surface area contributed by atoms with Crippen molar-refractivity contribution in [2.24, 2.45) is 5.73 Å². The number of anilines is 1. The van der Waals surface area contributed by atoms with Crippen LogP contribution in [0.15, 0.2) is 53.4 Å². The maximum absolute atomic E-state index is 12.8. The van der Waals surface area contributed by atoms with Gasteiger partial charge in [0.2, 0.25) is 11.8 Å². The highest BCUT2D eigenvalue weighted by Crippen LogP contribution is 2.26. The van der Waals surface area contributed by atoms with Gasteiger partial charge in [0.1, 0.15) is 5.82 Å². The predicted molar refractivity (Wildman–Crippen MR) is 98.0 cm³/mol. The highest BCUT2D eigenvalue weighted by Gasteiger charge is 2.06. The molecule has 0 aliphatic rings. The predicted octanol–water partition coefficient (Wildman–Crippen LogP) is 2.17. The van der Waals surface area contributed by atoms with E-state index in [4.69, 9.17) is 5.73 Å². The molecule has 7 heteroatoms. The molecule has 132 valence electrons.